The highest BCUT2D eigenvalue weighted by molar-refractivity contribution is 6.30. The van der Waals surface area contributed by atoms with Crippen molar-refractivity contribution < 1.29 is 13.9 Å². The van der Waals surface area contributed by atoms with Crippen molar-refractivity contribution in [2.75, 3.05) is 6.61 Å². The van der Waals surface area contributed by atoms with Crippen LogP contribution in [0.25, 0.3) is 0 Å². The van der Waals surface area contributed by atoms with Crippen LogP contribution in [-0.4, -0.2) is 11.7 Å². The first-order chi connectivity index (χ1) is 9.60. The maximum atomic E-state index is 13.6. The molecule has 2 rings (SSSR count). The van der Waals surface area contributed by atoms with Crippen LogP contribution in [0.2, 0.25) is 5.02 Å². The monoisotopic (exact) mass is 296 g/mol. The van der Waals surface area contributed by atoms with Crippen molar-refractivity contribution in [3.63, 3.8) is 0 Å². The topological polar surface area (TPSA) is 20.2 Å². The lowest BCUT2D eigenvalue weighted by Gasteiger charge is -2.15. The minimum atomic E-state index is -0.859. The van der Waals surface area contributed by atoms with Gasteiger partial charge in [-0.1, -0.05) is 35.9 Å². The molecule has 0 aliphatic rings. The highest BCUT2D eigenvalue weighted by Crippen LogP contribution is 2.20. The Morgan fingerprint density at radius 2 is 1.80 bits per heavy atom. The lowest BCUT2D eigenvalue weighted by Crippen LogP contribution is -2.14. The molecule has 2 aromatic carbocycles. The van der Waals surface area contributed by atoms with Crippen molar-refractivity contribution in [3.8, 4) is 0 Å². The lowest BCUT2D eigenvalue weighted by molar-refractivity contribution is 0.223. The summed E-state index contributed by atoms with van der Waals surface area (Å²) in [5.41, 5.74) is 1.25. The van der Waals surface area contributed by atoms with Gasteiger partial charge in [-0.3, -0.25) is 0 Å². The van der Waals surface area contributed by atoms with Gasteiger partial charge in [-0.25, -0.2) is 8.78 Å². The summed E-state index contributed by atoms with van der Waals surface area (Å²) in [5.74, 6) is -1.87. The van der Waals surface area contributed by atoms with E-state index >= 15 is 0 Å². The van der Waals surface area contributed by atoms with Gasteiger partial charge in [0.2, 0.25) is 0 Å². The minimum absolute atomic E-state index is 0.0948. The van der Waals surface area contributed by atoms with Crippen LogP contribution in [0.15, 0.2) is 42.5 Å². The number of halogens is 3. The van der Waals surface area contributed by atoms with Crippen LogP contribution >= 0.6 is 11.6 Å². The Labute approximate surface area is 121 Å². The van der Waals surface area contributed by atoms with E-state index in [2.05, 4.69) is 0 Å². The summed E-state index contributed by atoms with van der Waals surface area (Å²) in [5, 5.41) is 10.1. The highest BCUT2D eigenvalue weighted by Gasteiger charge is 2.14. The Hall–Kier alpha value is -1.45. The minimum Gasteiger partial charge on any atom is -0.396 e. The number of benzene rings is 2. The van der Waals surface area contributed by atoms with Gasteiger partial charge in [0.1, 0.15) is 0 Å². The summed E-state index contributed by atoms with van der Waals surface area (Å²) >= 11 is 5.91. The normalized spacial score (nSPS) is 12.4. The zero-order valence-electron chi connectivity index (χ0n) is 10.8. The SMILES string of the molecule is OCC(Cc1cccc(Cl)c1)Cc1cccc(F)c1F. The maximum Gasteiger partial charge on any atom is 0.162 e. The highest BCUT2D eigenvalue weighted by atomic mass is 35.5. The van der Waals surface area contributed by atoms with Crippen LogP contribution in [0.4, 0.5) is 8.78 Å². The second-order valence-electron chi connectivity index (χ2n) is 4.80. The zero-order chi connectivity index (χ0) is 14.5. The Kier molecular flexibility index (Phi) is 5.10. The molecule has 0 amide bonds. The summed E-state index contributed by atoms with van der Waals surface area (Å²) in [6.45, 7) is -0.0948. The molecule has 0 aromatic heterocycles. The van der Waals surface area contributed by atoms with Crippen molar-refractivity contribution in [2.45, 2.75) is 12.8 Å². The Morgan fingerprint density at radius 3 is 2.50 bits per heavy atom. The first-order valence-corrected chi connectivity index (χ1v) is 6.76. The van der Waals surface area contributed by atoms with Crippen molar-refractivity contribution in [1.29, 1.82) is 0 Å². The molecule has 0 radical (unpaired) electrons. The third-order valence-electron chi connectivity index (χ3n) is 3.21. The predicted octanol–water partition coefficient (Wildman–Crippen LogP) is 4.01. The van der Waals surface area contributed by atoms with E-state index in [1.807, 2.05) is 18.2 Å². The Bertz CT molecular complexity index is 586. The largest absolute Gasteiger partial charge is 0.396 e. The number of hydrogen-bond donors (Lipinski definition) is 1. The average Bonchev–Trinajstić information content (AvgIpc) is 2.43. The molecule has 106 valence electrons. The fraction of sp³-hybridized carbons (Fsp3) is 0.250. The van der Waals surface area contributed by atoms with E-state index in [9.17, 15) is 13.9 Å². The number of hydrogen-bond acceptors (Lipinski definition) is 1. The van der Waals surface area contributed by atoms with Crippen molar-refractivity contribution >= 4 is 11.6 Å². The Morgan fingerprint density at radius 1 is 1.05 bits per heavy atom. The third-order valence-corrected chi connectivity index (χ3v) is 3.45. The van der Waals surface area contributed by atoms with E-state index in [0.717, 1.165) is 11.6 Å². The summed E-state index contributed by atoms with van der Waals surface area (Å²) in [6, 6.07) is 11.4. The van der Waals surface area contributed by atoms with E-state index in [0.29, 0.717) is 11.4 Å². The van der Waals surface area contributed by atoms with E-state index < -0.39 is 11.6 Å². The fourth-order valence-corrected chi connectivity index (χ4v) is 2.43. The summed E-state index contributed by atoms with van der Waals surface area (Å²) in [7, 11) is 0. The number of aliphatic hydroxyl groups excluding tert-OH is 1. The molecule has 0 saturated heterocycles. The molecule has 1 unspecified atom stereocenters. The molecule has 20 heavy (non-hydrogen) atoms. The van der Waals surface area contributed by atoms with Gasteiger partial charge in [-0.05, 0) is 48.1 Å². The van der Waals surface area contributed by atoms with Crippen LogP contribution in [0.1, 0.15) is 11.1 Å². The van der Waals surface area contributed by atoms with Crippen LogP contribution < -0.4 is 0 Å². The molecule has 0 saturated carbocycles. The second-order valence-corrected chi connectivity index (χ2v) is 5.24. The molecule has 1 atom stereocenters. The van der Waals surface area contributed by atoms with E-state index in [1.165, 1.54) is 6.07 Å². The van der Waals surface area contributed by atoms with Gasteiger partial charge < -0.3 is 5.11 Å². The number of rotatable bonds is 5. The standard InChI is InChI=1S/C16H15ClF2O/c17-14-5-1-3-11(9-14)7-12(10-20)8-13-4-2-6-15(18)16(13)19/h1-6,9,12,20H,7-8,10H2. The van der Waals surface area contributed by atoms with Crippen molar-refractivity contribution in [3.05, 3.63) is 70.2 Å². The molecular formula is C16H15ClF2O. The first kappa shape index (κ1) is 14.9. The molecule has 0 bridgehead atoms. The van der Waals surface area contributed by atoms with E-state index in [4.69, 9.17) is 11.6 Å². The molecule has 0 aliphatic heterocycles. The molecule has 0 spiro atoms. The molecule has 0 fully saturated rings. The molecule has 1 nitrogen and oxygen atoms in total. The number of aliphatic hydroxyl groups is 1. The zero-order valence-corrected chi connectivity index (χ0v) is 11.6. The summed E-state index contributed by atoms with van der Waals surface area (Å²) < 4.78 is 26.8. The van der Waals surface area contributed by atoms with E-state index in [-0.39, 0.29) is 24.5 Å². The summed E-state index contributed by atoms with van der Waals surface area (Å²) in [6.07, 6.45) is 0.847. The predicted molar refractivity (Wildman–Crippen MR) is 75.8 cm³/mol. The smallest absolute Gasteiger partial charge is 0.162 e. The van der Waals surface area contributed by atoms with Gasteiger partial charge in [0.05, 0.1) is 0 Å². The third kappa shape index (κ3) is 3.78. The molecule has 0 aliphatic carbocycles. The van der Waals surface area contributed by atoms with Crippen LogP contribution in [0, 0.1) is 17.6 Å². The molecule has 2 aromatic rings. The Balaban J connectivity index is 2.11. The van der Waals surface area contributed by atoms with Gasteiger partial charge >= 0.3 is 0 Å². The quantitative estimate of drug-likeness (QED) is 0.884. The fourth-order valence-electron chi connectivity index (χ4n) is 2.22. The van der Waals surface area contributed by atoms with Crippen molar-refractivity contribution in [1.82, 2.24) is 0 Å². The van der Waals surface area contributed by atoms with Gasteiger partial charge in [0.25, 0.3) is 0 Å². The molecule has 4 heteroatoms. The van der Waals surface area contributed by atoms with Crippen molar-refractivity contribution in [2.24, 2.45) is 5.92 Å². The summed E-state index contributed by atoms with van der Waals surface area (Å²) in [4.78, 5) is 0. The molecular weight excluding hydrogens is 282 g/mol. The van der Waals surface area contributed by atoms with Gasteiger partial charge in [-0.15, -0.1) is 0 Å². The van der Waals surface area contributed by atoms with Gasteiger partial charge in [0, 0.05) is 11.6 Å². The van der Waals surface area contributed by atoms with Gasteiger partial charge in [-0.2, -0.15) is 0 Å². The lowest BCUT2D eigenvalue weighted by atomic mass is 9.93. The molecule has 1 N–H and O–H groups in total. The van der Waals surface area contributed by atoms with E-state index in [1.54, 1.807) is 12.1 Å². The average molecular weight is 297 g/mol. The first-order valence-electron chi connectivity index (χ1n) is 6.38. The van der Waals surface area contributed by atoms with Crippen LogP contribution in [0.5, 0.6) is 0 Å². The van der Waals surface area contributed by atoms with Gasteiger partial charge in [0.15, 0.2) is 11.6 Å². The maximum absolute atomic E-state index is 13.6. The molecule has 0 heterocycles. The van der Waals surface area contributed by atoms with Crippen LogP contribution in [0.3, 0.4) is 0 Å². The second kappa shape index (κ2) is 6.82. The van der Waals surface area contributed by atoms with Crippen LogP contribution in [-0.2, 0) is 12.8 Å².